The molecule has 0 fully saturated rings. The Balaban J connectivity index is 1.51. The van der Waals surface area contributed by atoms with Crippen molar-refractivity contribution in [2.24, 2.45) is 0 Å². The Morgan fingerprint density at radius 2 is 1.74 bits per heavy atom. The number of aryl methyl sites for hydroxylation is 3. The summed E-state index contributed by atoms with van der Waals surface area (Å²) < 4.78 is 0. The average Bonchev–Trinajstić information content (AvgIpc) is 3.10. The van der Waals surface area contributed by atoms with E-state index in [1.54, 1.807) is 0 Å². The van der Waals surface area contributed by atoms with Crippen molar-refractivity contribution in [3.63, 3.8) is 0 Å². The highest BCUT2D eigenvalue weighted by atomic mass is 32.2. The Hall–Kier alpha value is -2.71. The van der Waals surface area contributed by atoms with Gasteiger partial charge >= 0.3 is 0 Å². The van der Waals surface area contributed by atoms with Gasteiger partial charge in [0, 0.05) is 22.0 Å². The van der Waals surface area contributed by atoms with Crippen molar-refractivity contribution >= 4 is 45.6 Å². The molecule has 0 atom stereocenters. The molecule has 0 unspecified atom stereocenters. The number of carbonyl (C=O) groups is 2. The zero-order valence-corrected chi connectivity index (χ0v) is 19.2. The molecule has 0 bridgehead atoms. The van der Waals surface area contributed by atoms with Crippen molar-refractivity contribution in [1.82, 2.24) is 9.97 Å². The first-order chi connectivity index (χ1) is 15.0. The predicted molar refractivity (Wildman–Crippen MR) is 126 cm³/mol. The van der Waals surface area contributed by atoms with Gasteiger partial charge < -0.3 is 10.6 Å². The molecule has 2 N–H and O–H groups in total. The van der Waals surface area contributed by atoms with E-state index in [4.69, 9.17) is 0 Å². The molecular formula is C23H24N4O2S2. The van der Waals surface area contributed by atoms with Gasteiger partial charge in [0.2, 0.25) is 5.91 Å². The van der Waals surface area contributed by atoms with Gasteiger partial charge in [-0.15, -0.1) is 11.3 Å². The summed E-state index contributed by atoms with van der Waals surface area (Å²) in [6, 6.07) is 11.3. The fourth-order valence-corrected chi connectivity index (χ4v) is 5.71. The van der Waals surface area contributed by atoms with Gasteiger partial charge in [-0.2, -0.15) is 0 Å². The molecule has 1 aliphatic carbocycles. The smallest absolute Gasteiger partial charge is 0.258 e. The summed E-state index contributed by atoms with van der Waals surface area (Å²) in [5.41, 5.74) is 4.17. The van der Waals surface area contributed by atoms with Crippen LogP contribution in [0, 0.1) is 13.8 Å². The van der Waals surface area contributed by atoms with Gasteiger partial charge in [-0.05, 0) is 63.3 Å². The highest BCUT2D eigenvalue weighted by Crippen LogP contribution is 2.38. The van der Waals surface area contributed by atoms with Crippen LogP contribution in [0.15, 0.2) is 41.6 Å². The van der Waals surface area contributed by atoms with E-state index in [1.807, 2.05) is 50.2 Å². The molecule has 31 heavy (non-hydrogen) atoms. The Kier molecular flexibility index (Phi) is 6.67. The van der Waals surface area contributed by atoms with Crippen LogP contribution < -0.4 is 10.6 Å². The zero-order chi connectivity index (χ0) is 21.8. The minimum Gasteiger partial charge on any atom is -0.322 e. The first kappa shape index (κ1) is 21.5. The summed E-state index contributed by atoms with van der Waals surface area (Å²) in [6.07, 6.45) is 3.99. The standard InChI is InChI=1S/C23H24N4O2S2/c1-14-12-15(2)25-23(24-14)30-13-19(28)27-22-20(17-10-6-7-11-18(17)31-22)21(29)26-16-8-4-3-5-9-16/h3-5,8-9,12H,6-7,10-11,13H2,1-2H3,(H,26,29)(H,27,28). The Morgan fingerprint density at radius 3 is 2.48 bits per heavy atom. The van der Waals surface area contributed by atoms with Crippen molar-refractivity contribution in [2.75, 3.05) is 16.4 Å². The number of nitrogens with zero attached hydrogens (tertiary/aromatic N) is 2. The number of para-hydroxylation sites is 1. The van der Waals surface area contributed by atoms with Crippen LogP contribution in [-0.4, -0.2) is 27.5 Å². The first-order valence-corrected chi connectivity index (χ1v) is 12.1. The van der Waals surface area contributed by atoms with Gasteiger partial charge in [-0.3, -0.25) is 9.59 Å². The summed E-state index contributed by atoms with van der Waals surface area (Å²) in [5, 5.41) is 7.16. The number of thioether (sulfide) groups is 1. The van der Waals surface area contributed by atoms with Crippen molar-refractivity contribution < 1.29 is 9.59 Å². The van der Waals surface area contributed by atoms with E-state index in [1.165, 1.54) is 28.0 Å². The predicted octanol–water partition coefficient (Wildman–Crippen LogP) is 5.02. The quantitative estimate of drug-likeness (QED) is 0.405. The molecule has 2 amide bonds. The number of aromatic nitrogens is 2. The van der Waals surface area contributed by atoms with E-state index in [0.717, 1.165) is 48.3 Å². The second-order valence-corrected chi connectivity index (χ2v) is 9.55. The Labute approximate surface area is 189 Å². The molecule has 160 valence electrons. The second kappa shape index (κ2) is 9.62. The summed E-state index contributed by atoms with van der Waals surface area (Å²) in [7, 11) is 0. The van der Waals surface area contributed by atoms with Crippen molar-refractivity contribution in [1.29, 1.82) is 0 Å². The average molecular weight is 453 g/mol. The number of carbonyl (C=O) groups excluding carboxylic acids is 2. The summed E-state index contributed by atoms with van der Waals surface area (Å²) in [6.45, 7) is 3.82. The SMILES string of the molecule is Cc1cc(C)nc(SCC(=O)Nc2sc3c(c2C(=O)Nc2ccccc2)CCCC3)n1. The number of anilines is 2. The number of hydrogen-bond donors (Lipinski definition) is 2. The number of rotatable bonds is 6. The van der Waals surface area contributed by atoms with Gasteiger partial charge in [-0.25, -0.2) is 9.97 Å². The van der Waals surface area contributed by atoms with Crippen LogP contribution in [0.1, 0.15) is 45.0 Å². The molecule has 3 aromatic rings. The van der Waals surface area contributed by atoms with Crippen LogP contribution in [0.3, 0.4) is 0 Å². The molecule has 0 saturated heterocycles. The monoisotopic (exact) mass is 452 g/mol. The number of thiophene rings is 1. The third-order valence-corrected chi connectivity index (χ3v) is 7.03. The highest BCUT2D eigenvalue weighted by Gasteiger charge is 2.26. The number of hydrogen-bond acceptors (Lipinski definition) is 6. The molecular weight excluding hydrogens is 428 g/mol. The Bertz CT molecular complexity index is 1090. The lowest BCUT2D eigenvalue weighted by atomic mass is 9.95. The van der Waals surface area contributed by atoms with E-state index in [9.17, 15) is 9.59 Å². The van der Waals surface area contributed by atoms with Gasteiger partial charge in [0.15, 0.2) is 5.16 Å². The molecule has 0 spiro atoms. The third kappa shape index (κ3) is 5.32. The van der Waals surface area contributed by atoms with Crippen LogP contribution in [0.5, 0.6) is 0 Å². The molecule has 0 radical (unpaired) electrons. The molecule has 2 heterocycles. The lowest BCUT2D eigenvalue weighted by Crippen LogP contribution is -2.19. The second-order valence-electron chi connectivity index (χ2n) is 7.51. The first-order valence-electron chi connectivity index (χ1n) is 10.3. The fourth-order valence-electron chi connectivity index (χ4n) is 3.66. The molecule has 0 aliphatic heterocycles. The van der Waals surface area contributed by atoms with E-state index >= 15 is 0 Å². The maximum Gasteiger partial charge on any atom is 0.258 e. The zero-order valence-electron chi connectivity index (χ0n) is 17.5. The highest BCUT2D eigenvalue weighted by molar-refractivity contribution is 7.99. The fraction of sp³-hybridized carbons (Fsp3) is 0.304. The minimum absolute atomic E-state index is 0.167. The number of amides is 2. The molecule has 1 aliphatic rings. The maximum atomic E-state index is 13.1. The summed E-state index contributed by atoms with van der Waals surface area (Å²) >= 11 is 2.82. The van der Waals surface area contributed by atoms with E-state index in [0.29, 0.717) is 15.7 Å². The number of fused-ring (bicyclic) bond motifs is 1. The number of nitrogens with one attached hydrogen (secondary N) is 2. The van der Waals surface area contributed by atoms with Crippen molar-refractivity contribution in [2.45, 2.75) is 44.7 Å². The third-order valence-electron chi connectivity index (χ3n) is 4.98. The van der Waals surface area contributed by atoms with Gasteiger partial charge in [0.25, 0.3) is 5.91 Å². The Morgan fingerprint density at radius 1 is 1.03 bits per heavy atom. The van der Waals surface area contributed by atoms with Gasteiger partial charge in [-0.1, -0.05) is 30.0 Å². The summed E-state index contributed by atoms with van der Waals surface area (Å²) in [5.74, 6) is -0.156. The van der Waals surface area contributed by atoms with Crippen LogP contribution in [0.2, 0.25) is 0 Å². The molecule has 0 saturated carbocycles. The molecule has 6 nitrogen and oxygen atoms in total. The lowest BCUT2D eigenvalue weighted by molar-refractivity contribution is -0.113. The number of benzene rings is 1. The molecule has 8 heteroatoms. The topological polar surface area (TPSA) is 84.0 Å². The molecule has 1 aromatic carbocycles. The molecule has 4 rings (SSSR count). The summed E-state index contributed by atoms with van der Waals surface area (Å²) in [4.78, 5) is 35.7. The van der Waals surface area contributed by atoms with E-state index in [-0.39, 0.29) is 17.6 Å². The minimum atomic E-state index is -0.175. The van der Waals surface area contributed by atoms with Gasteiger partial charge in [0.1, 0.15) is 5.00 Å². The maximum absolute atomic E-state index is 13.1. The van der Waals surface area contributed by atoms with Crippen molar-refractivity contribution in [3.8, 4) is 0 Å². The van der Waals surface area contributed by atoms with Crippen LogP contribution in [-0.2, 0) is 17.6 Å². The van der Waals surface area contributed by atoms with Crippen LogP contribution >= 0.6 is 23.1 Å². The lowest BCUT2D eigenvalue weighted by Gasteiger charge is -2.13. The van der Waals surface area contributed by atoms with E-state index in [2.05, 4.69) is 20.6 Å². The molecule has 2 aromatic heterocycles. The van der Waals surface area contributed by atoms with Crippen LogP contribution in [0.4, 0.5) is 10.7 Å². The van der Waals surface area contributed by atoms with E-state index < -0.39 is 0 Å². The largest absolute Gasteiger partial charge is 0.322 e. The normalized spacial score (nSPS) is 12.8. The van der Waals surface area contributed by atoms with Gasteiger partial charge in [0.05, 0.1) is 11.3 Å². The van der Waals surface area contributed by atoms with Crippen LogP contribution in [0.25, 0.3) is 0 Å². The van der Waals surface area contributed by atoms with Crippen molar-refractivity contribution in [3.05, 3.63) is 63.8 Å².